The molecule has 0 aliphatic rings. The summed E-state index contributed by atoms with van der Waals surface area (Å²) in [6, 6.07) is 15.9. The SMILES string of the molecule is Cc1cccc2c1oc(=Nc1ccccc1)n2C. The molecule has 0 radical (unpaired) electrons. The second kappa shape index (κ2) is 4.18. The van der Waals surface area contributed by atoms with Crippen molar-refractivity contribution in [1.29, 1.82) is 0 Å². The van der Waals surface area contributed by atoms with Crippen molar-refractivity contribution in [2.45, 2.75) is 6.92 Å². The first kappa shape index (κ1) is 10.8. The molecule has 0 bridgehead atoms. The number of aryl methyl sites for hydroxylation is 2. The van der Waals surface area contributed by atoms with Crippen molar-refractivity contribution in [3.63, 3.8) is 0 Å². The lowest BCUT2D eigenvalue weighted by Crippen LogP contribution is -2.10. The molecular formula is C15H14N2O. The van der Waals surface area contributed by atoms with Crippen molar-refractivity contribution in [3.05, 3.63) is 59.8 Å². The molecule has 1 heterocycles. The fourth-order valence-electron chi connectivity index (χ4n) is 2.01. The van der Waals surface area contributed by atoms with Crippen molar-refractivity contribution in [2.75, 3.05) is 0 Å². The van der Waals surface area contributed by atoms with E-state index in [4.69, 9.17) is 4.42 Å². The van der Waals surface area contributed by atoms with E-state index in [2.05, 4.69) is 4.99 Å². The van der Waals surface area contributed by atoms with Gasteiger partial charge in [-0.15, -0.1) is 0 Å². The Morgan fingerprint density at radius 3 is 2.50 bits per heavy atom. The molecule has 0 aliphatic heterocycles. The average molecular weight is 238 g/mol. The number of fused-ring (bicyclic) bond motifs is 1. The van der Waals surface area contributed by atoms with Crippen LogP contribution in [0.2, 0.25) is 0 Å². The van der Waals surface area contributed by atoms with Gasteiger partial charge in [0.25, 0.3) is 0 Å². The van der Waals surface area contributed by atoms with Crippen LogP contribution in [0.4, 0.5) is 5.69 Å². The van der Waals surface area contributed by atoms with Crippen LogP contribution in [0.25, 0.3) is 11.1 Å². The number of hydrogen-bond donors (Lipinski definition) is 0. The van der Waals surface area contributed by atoms with Gasteiger partial charge >= 0.3 is 5.68 Å². The molecule has 0 unspecified atom stereocenters. The lowest BCUT2D eigenvalue weighted by molar-refractivity contribution is 0.508. The fourth-order valence-corrected chi connectivity index (χ4v) is 2.01. The van der Waals surface area contributed by atoms with E-state index in [-0.39, 0.29) is 0 Å². The largest absolute Gasteiger partial charge is 0.423 e. The number of hydrogen-bond acceptors (Lipinski definition) is 2. The standard InChI is InChI=1S/C15H14N2O/c1-11-7-6-10-13-14(11)18-15(17(13)2)16-12-8-4-3-5-9-12/h3-10H,1-2H3. The summed E-state index contributed by atoms with van der Waals surface area (Å²) in [5.74, 6) is 0. The molecule has 3 aromatic rings. The predicted molar refractivity (Wildman–Crippen MR) is 71.6 cm³/mol. The second-order valence-electron chi connectivity index (χ2n) is 4.31. The second-order valence-corrected chi connectivity index (χ2v) is 4.31. The maximum Gasteiger partial charge on any atom is 0.302 e. The Bertz CT molecular complexity index is 751. The summed E-state index contributed by atoms with van der Waals surface area (Å²) in [4.78, 5) is 4.52. The minimum atomic E-state index is 0.616. The van der Waals surface area contributed by atoms with Gasteiger partial charge in [-0.25, -0.2) is 0 Å². The highest BCUT2D eigenvalue weighted by Crippen LogP contribution is 2.16. The smallest absolute Gasteiger partial charge is 0.302 e. The molecule has 0 N–H and O–H groups in total. The summed E-state index contributed by atoms with van der Waals surface area (Å²) in [6.07, 6.45) is 0. The molecule has 0 amide bonds. The Kier molecular flexibility index (Phi) is 2.52. The van der Waals surface area contributed by atoms with Crippen LogP contribution < -0.4 is 5.68 Å². The number of nitrogens with zero attached hydrogens (tertiary/aromatic N) is 2. The van der Waals surface area contributed by atoms with Crippen LogP contribution >= 0.6 is 0 Å². The van der Waals surface area contributed by atoms with Crippen molar-refractivity contribution < 1.29 is 4.42 Å². The minimum absolute atomic E-state index is 0.616. The topological polar surface area (TPSA) is 30.4 Å². The zero-order valence-corrected chi connectivity index (χ0v) is 10.4. The fraction of sp³-hybridized carbons (Fsp3) is 0.133. The predicted octanol–water partition coefficient (Wildman–Crippen LogP) is 3.31. The zero-order chi connectivity index (χ0) is 12.5. The molecule has 3 nitrogen and oxygen atoms in total. The van der Waals surface area contributed by atoms with Gasteiger partial charge in [-0.3, -0.25) is 4.57 Å². The summed E-state index contributed by atoms with van der Waals surface area (Å²) >= 11 is 0. The van der Waals surface area contributed by atoms with Crippen LogP contribution in [-0.2, 0) is 7.05 Å². The number of oxazole rings is 1. The molecule has 0 aliphatic carbocycles. The molecule has 90 valence electrons. The quantitative estimate of drug-likeness (QED) is 0.639. The van der Waals surface area contributed by atoms with Gasteiger partial charge in [0.1, 0.15) is 0 Å². The Labute approximate surface area is 105 Å². The zero-order valence-electron chi connectivity index (χ0n) is 10.4. The molecule has 2 aromatic carbocycles. The molecule has 0 atom stereocenters. The van der Waals surface area contributed by atoms with E-state index in [1.807, 2.05) is 67.1 Å². The normalized spacial score (nSPS) is 12.2. The molecular weight excluding hydrogens is 224 g/mol. The molecule has 3 rings (SSSR count). The van der Waals surface area contributed by atoms with Gasteiger partial charge in [0, 0.05) is 7.05 Å². The monoisotopic (exact) mass is 238 g/mol. The maximum absolute atomic E-state index is 5.83. The molecule has 18 heavy (non-hydrogen) atoms. The number of rotatable bonds is 1. The van der Waals surface area contributed by atoms with Gasteiger partial charge in [-0.05, 0) is 30.7 Å². The minimum Gasteiger partial charge on any atom is -0.423 e. The summed E-state index contributed by atoms with van der Waals surface area (Å²) in [5, 5.41) is 0. The summed E-state index contributed by atoms with van der Waals surface area (Å²) in [5.41, 5.74) is 4.59. The average Bonchev–Trinajstić information content (AvgIpc) is 2.70. The molecule has 3 heteroatoms. The van der Waals surface area contributed by atoms with Crippen molar-refractivity contribution in [1.82, 2.24) is 4.57 Å². The summed E-state index contributed by atoms with van der Waals surface area (Å²) in [6.45, 7) is 2.04. The summed E-state index contributed by atoms with van der Waals surface area (Å²) < 4.78 is 7.80. The van der Waals surface area contributed by atoms with Crippen LogP contribution in [-0.4, -0.2) is 4.57 Å². The molecule has 0 spiro atoms. The number of para-hydroxylation sites is 2. The lowest BCUT2D eigenvalue weighted by atomic mass is 10.2. The number of aromatic nitrogens is 1. The highest BCUT2D eigenvalue weighted by Gasteiger charge is 2.06. The van der Waals surface area contributed by atoms with Crippen molar-refractivity contribution in [3.8, 4) is 0 Å². The molecule has 1 aromatic heterocycles. The van der Waals surface area contributed by atoms with E-state index in [0.29, 0.717) is 5.68 Å². The van der Waals surface area contributed by atoms with E-state index in [0.717, 1.165) is 22.4 Å². The van der Waals surface area contributed by atoms with E-state index < -0.39 is 0 Å². The first-order chi connectivity index (χ1) is 8.75. The van der Waals surface area contributed by atoms with Crippen LogP contribution in [0.1, 0.15) is 5.56 Å². The third kappa shape index (κ3) is 1.74. The van der Waals surface area contributed by atoms with E-state index >= 15 is 0 Å². The van der Waals surface area contributed by atoms with Gasteiger partial charge in [0.15, 0.2) is 5.58 Å². The van der Waals surface area contributed by atoms with Gasteiger partial charge in [0.05, 0.1) is 11.2 Å². The van der Waals surface area contributed by atoms with Crippen LogP contribution in [0.3, 0.4) is 0 Å². The van der Waals surface area contributed by atoms with E-state index in [1.54, 1.807) is 0 Å². The Morgan fingerprint density at radius 2 is 1.78 bits per heavy atom. The van der Waals surface area contributed by atoms with Gasteiger partial charge in [0.2, 0.25) is 0 Å². The van der Waals surface area contributed by atoms with Crippen molar-refractivity contribution in [2.24, 2.45) is 12.0 Å². The Morgan fingerprint density at radius 1 is 1.00 bits per heavy atom. The molecule has 0 fully saturated rings. The third-order valence-electron chi connectivity index (χ3n) is 3.01. The van der Waals surface area contributed by atoms with Gasteiger partial charge in [-0.1, -0.05) is 30.3 Å². The van der Waals surface area contributed by atoms with E-state index in [1.165, 1.54) is 0 Å². The maximum atomic E-state index is 5.83. The highest BCUT2D eigenvalue weighted by atomic mass is 16.4. The first-order valence-corrected chi connectivity index (χ1v) is 5.90. The van der Waals surface area contributed by atoms with Crippen molar-refractivity contribution >= 4 is 16.8 Å². The van der Waals surface area contributed by atoms with Gasteiger partial charge < -0.3 is 4.42 Å². The first-order valence-electron chi connectivity index (χ1n) is 5.90. The third-order valence-corrected chi connectivity index (χ3v) is 3.01. The Hall–Kier alpha value is -2.29. The Balaban J connectivity index is 2.28. The van der Waals surface area contributed by atoms with Crippen LogP contribution in [0.5, 0.6) is 0 Å². The number of benzene rings is 2. The lowest BCUT2D eigenvalue weighted by Gasteiger charge is -1.93. The van der Waals surface area contributed by atoms with Crippen LogP contribution in [0, 0.1) is 6.92 Å². The molecule has 0 saturated carbocycles. The van der Waals surface area contributed by atoms with Crippen LogP contribution in [0.15, 0.2) is 57.9 Å². The highest BCUT2D eigenvalue weighted by molar-refractivity contribution is 5.76. The molecule has 0 saturated heterocycles. The van der Waals surface area contributed by atoms with E-state index in [9.17, 15) is 0 Å². The summed E-state index contributed by atoms with van der Waals surface area (Å²) in [7, 11) is 1.97. The van der Waals surface area contributed by atoms with Gasteiger partial charge in [-0.2, -0.15) is 4.99 Å².